The van der Waals surface area contributed by atoms with Gasteiger partial charge in [-0.05, 0) is 29.3 Å². The number of para-hydroxylation sites is 1. The maximum Gasteiger partial charge on any atom is 0.213 e. The number of anilines is 1. The molecule has 0 spiro atoms. The SMILES string of the molecule is c1ccc(COc2cc(CNc3ncnc4c3oc3ccccc34)ccn2)cc1. The van der Waals surface area contributed by atoms with Crippen LogP contribution in [0.15, 0.2) is 83.7 Å². The minimum atomic E-state index is 0.482. The number of furan rings is 1. The van der Waals surface area contributed by atoms with E-state index in [0.29, 0.717) is 30.4 Å². The Morgan fingerprint density at radius 3 is 2.66 bits per heavy atom. The second kappa shape index (κ2) is 7.59. The Bertz CT molecular complexity index is 1270. The quantitative estimate of drug-likeness (QED) is 0.447. The molecule has 142 valence electrons. The monoisotopic (exact) mass is 382 g/mol. The highest BCUT2D eigenvalue weighted by atomic mass is 16.5. The molecule has 0 saturated heterocycles. The Kier molecular flexibility index (Phi) is 4.50. The third kappa shape index (κ3) is 3.60. The number of nitrogens with one attached hydrogen (secondary N) is 1. The van der Waals surface area contributed by atoms with Crippen LogP contribution in [0.3, 0.4) is 0 Å². The molecule has 1 N–H and O–H groups in total. The summed E-state index contributed by atoms with van der Waals surface area (Å²) < 4.78 is 11.8. The number of ether oxygens (including phenoxy) is 1. The molecular weight excluding hydrogens is 364 g/mol. The minimum absolute atomic E-state index is 0.482. The van der Waals surface area contributed by atoms with E-state index in [4.69, 9.17) is 9.15 Å². The molecule has 3 heterocycles. The molecule has 2 aromatic carbocycles. The van der Waals surface area contributed by atoms with Gasteiger partial charge in [0.05, 0.1) is 0 Å². The molecule has 0 aliphatic heterocycles. The smallest absolute Gasteiger partial charge is 0.213 e. The van der Waals surface area contributed by atoms with Crippen molar-refractivity contribution in [3.05, 3.63) is 90.4 Å². The van der Waals surface area contributed by atoms with Gasteiger partial charge in [0.25, 0.3) is 0 Å². The van der Waals surface area contributed by atoms with Crippen LogP contribution < -0.4 is 10.1 Å². The second-order valence-electron chi connectivity index (χ2n) is 6.63. The van der Waals surface area contributed by atoms with Crippen LogP contribution in [-0.4, -0.2) is 15.0 Å². The van der Waals surface area contributed by atoms with E-state index in [-0.39, 0.29) is 0 Å². The first-order valence-corrected chi connectivity index (χ1v) is 9.34. The van der Waals surface area contributed by atoms with Crippen molar-refractivity contribution in [3.8, 4) is 5.88 Å². The van der Waals surface area contributed by atoms with E-state index < -0.39 is 0 Å². The molecule has 0 unspecified atom stereocenters. The first-order valence-electron chi connectivity index (χ1n) is 9.34. The molecule has 0 fully saturated rings. The lowest BCUT2D eigenvalue weighted by Gasteiger charge is -2.08. The molecule has 0 aliphatic carbocycles. The van der Waals surface area contributed by atoms with Crippen LogP contribution in [0.25, 0.3) is 22.1 Å². The van der Waals surface area contributed by atoms with E-state index in [9.17, 15) is 0 Å². The van der Waals surface area contributed by atoms with Crippen LogP contribution in [0.2, 0.25) is 0 Å². The summed E-state index contributed by atoms with van der Waals surface area (Å²) in [5.41, 5.74) is 4.40. The van der Waals surface area contributed by atoms with E-state index in [2.05, 4.69) is 20.3 Å². The van der Waals surface area contributed by atoms with Crippen molar-refractivity contribution in [2.45, 2.75) is 13.2 Å². The van der Waals surface area contributed by atoms with Crippen molar-refractivity contribution >= 4 is 27.9 Å². The summed E-state index contributed by atoms with van der Waals surface area (Å²) in [5.74, 6) is 1.25. The zero-order valence-corrected chi connectivity index (χ0v) is 15.6. The minimum Gasteiger partial charge on any atom is -0.473 e. The first kappa shape index (κ1) is 17.2. The van der Waals surface area contributed by atoms with Crippen molar-refractivity contribution in [2.75, 3.05) is 5.32 Å². The molecular formula is C23H18N4O2. The Balaban J connectivity index is 1.32. The fraction of sp³-hybridized carbons (Fsp3) is 0.0870. The van der Waals surface area contributed by atoms with Gasteiger partial charge in [0, 0.05) is 24.2 Å². The molecule has 0 atom stereocenters. The number of aromatic nitrogens is 3. The molecule has 5 rings (SSSR count). The third-order valence-corrected chi connectivity index (χ3v) is 4.65. The molecule has 0 bridgehead atoms. The number of pyridine rings is 1. The Labute approximate surface area is 167 Å². The number of fused-ring (bicyclic) bond motifs is 3. The van der Waals surface area contributed by atoms with Crippen LogP contribution in [0.4, 0.5) is 5.82 Å². The van der Waals surface area contributed by atoms with Crippen molar-refractivity contribution in [1.82, 2.24) is 15.0 Å². The van der Waals surface area contributed by atoms with Gasteiger partial charge in [0.2, 0.25) is 5.88 Å². The highest BCUT2D eigenvalue weighted by molar-refractivity contribution is 6.05. The summed E-state index contributed by atoms with van der Waals surface area (Å²) in [7, 11) is 0. The molecule has 0 aliphatic rings. The lowest BCUT2D eigenvalue weighted by molar-refractivity contribution is 0.293. The average Bonchev–Trinajstić information content (AvgIpc) is 3.17. The maximum absolute atomic E-state index is 5.96. The van der Waals surface area contributed by atoms with Gasteiger partial charge in [-0.15, -0.1) is 0 Å². The summed E-state index contributed by atoms with van der Waals surface area (Å²) in [4.78, 5) is 13.0. The van der Waals surface area contributed by atoms with Gasteiger partial charge in [0.1, 0.15) is 24.0 Å². The lowest BCUT2D eigenvalue weighted by Crippen LogP contribution is -2.03. The van der Waals surface area contributed by atoms with Gasteiger partial charge < -0.3 is 14.5 Å². The second-order valence-corrected chi connectivity index (χ2v) is 6.63. The predicted octanol–water partition coefficient (Wildman–Crippen LogP) is 4.96. The average molecular weight is 382 g/mol. The summed E-state index contributed by atoms with van der Waals surface area (Å²) in [6.07, 6.45) is 3.29. The van der Waals surface area contributed by atoms with Crippen molar-refractivity contribution in [3.63, 3.8) is 0 Å². The van der Waals surface area contributed by atoms with E-state index in [1.165, 1.54) is 0 Å². The van der Waals surface area contributed by atoms with E-state index in [1.54, 1.807) is 12.5 Å². The Morgan fingerprint density at radius 1 is 0.862 bits per heavy atom. The van der Waals surface area contributed by atoms with E-state index in [1.807, 2.05) is 66.7 Å². The van der Waals surface area contributed by atoms with Crippen LogP contribution in [-0.2, 0) is 13.2 Å². The number of rotatable bonds is 6. The number of benzene rings is 2. The summed E-state index contributed by atoms with van der Waals surface area (Å²) in [6.45, 7) is 1.05. The summed E-state index contributed by atoms with van der Waals surface area (Å²) in [6, 6.07) is 21.7. The topological polar surface area (TPSA) is 73.1 Å². The van der Waals surface area contributed by atoms with Crippen molar-refractivity contribution in [1.29, 1.82) is 0 Å². The summed E-state index contributed by atoms with van der Waals surface area (Å²) >= 11 is 0. The molecule has 29 heavy (non-hydrogen) atoms. The Morgan fingerprint density at radius 2 is 1.72 bits per heavy atom. The fourth-order valence-corrected chi connectivity index (χ4v) is 3.21. The highest BCUT2D eigenvalue weighted by Gasteiger charge is 2.12. The zero-order chi connectivity index (χ0) is 19.5. The first-order chi connectivity index (χ1) is 14.4. The predicted molar refractivity (Wildman–Crippen MR) is 112 cm³/mol. The molecule has 0 radical (unpaired) electrons. The standard InChI is InChI=1S/C23H18N4O2/c1-2-6-16(7-3-1)14-28-20-12-17(10-11-24-20)13-25-23-22-21(26-15-27-23)18-8-4-5-9-19(18)29-22/h1-12,15H,13-14H2,(H,25,26,27). The lowest BCUT2D eigenvalue weighted by atomic mass is 10.2. The van der Waals surface area contributed by atoms with Crippen LogP contribution in [0, 0.1) is 0 Å². The van der Waals surface area contributed by atoms with Crippen LogP contribution in [0.1, 0.15) is 11.1 Å². The van der Waals surface area contributed by atoms with Crippen LogP contribution >= 0.6 is 0 Å². The van der Waals surface area contributed by atoms with Crippen molar-refractivity contribution < 1.29 is 9.15 Å². The van der Waals surface area contributed by atoms with Gasteiger partial charge in [-0.3, -0.25) is 0 Å². The molecule has 6 heteroatoms. The van der Waals surface area contributed by atoms with Gasteiger partial charge in [-0.2, -0.15) is 0 Å². The highest BCUT2D eigenvalue weighted by Crippen LogP contribution is 2.30. The molecule has 0 saturated carbocycles. The maximum atomic E-state index is 5.96. The number of hydrogen-bond donors (Lipinski definition) is 1. The number of hydrogen-bond acceptors (Lipinski definition) is 6. The normalized spacial score (nSPS) is 11.0. The fourth-order valence-electron chi connectivity index (χ4n) is 3.21. The Hall–Kier alpha value is -3.93. The third-order valence-electron chi connectivity index (χ3n) is 4.65. The van der Waals surface area contributed by atoms with Gasteiger partial charge in [-0.25, -0.2) is 15.0 Å². The van der Waals surface area contributed by atoms with E-state index >= 15 is 0 Å². The van der Waals surface area contributed by atoms with Gasteiger partial charge >= 0.3 is 0 Å². The largest absolute Gasteiger partial charge is 0.473 e. The zero-order valence-electron chi connectivity index (χ0n) is 15.6. The number of nitrogens with zero attached hydrogens (tertiary/aromatic N) is 3. The molecule has 5 aromatic rings. The molecule has 0 amide bonds. The van der Waals surface area contributed by atoms with Gasteiger partial charge in [-0.1, -0.05) is 42.5 Å². The molecule has 3 aromatic heterocycles. The van der Waals surface area contributed by atoms with Crippen LogP contribution in [0.5, 0.6) is 5.88 Å². The van der Waals surface area contributed by atoms with Crippen molar-refractivity contribution in [2.24, 2.45) is 0 Å². The van der Waals surface area contributed by atoms with Gasteiger partial charge in [0.15, 0.2) is 11.4 Å². The molecule has 6 nitrogen and oxygen atoms in total. The van der Waals surface area contributed by atoms with E-state index in [0.717, 1.165) is 27.6 Å². The summed E-state index contributed by atoms with van der Waals surface area (Å²) in [5, 5.41) is 4.32.